The number of aliphatic imine (C=N–C) groups is 2. The summed E-state index contributed by atoms with van der Waals surface area (Å²) in [6.07, 6.45) is 15.4. The molecular weight excluding hydrogens is 564 g/mol. The van der Waals surface area contributed by atoms with Crippen LogP contribution in [0.2, 0.25) is 0 Å². The van der Waals surface area contributed by atoms with Crippen LogP contribution in [-0.2, 0) is 10.8 Å². The van der Waals surface area contributed by atoms with E-state index < -0.39 is 0 Å². The summed E-state index contributed by atoms with van der Waals surface area (Å²) in [5.41, 5.74) is 4.94. The minimum Gasteiger partial charge on any atom is -0.343 e. The van der Waals surface area contributed by atoms with Crippen molar-refractivity contribution in [2.24, 2.45) is 9.98 Å². The Morgan fingerprint density at radius 3 is 0.978 bits per heavy atom. The second kappa shape index (κ2) is 14.2. The predicted octanol–water partition coefficient (Wildman–Crippen LogP) is 9.35. The highest BCUT2D eigenvalue weighted by atomic mass is 15.4. The van der Waals surface area contributed by atoms with E-state index in [-0.39, 0.29) is 10.8 Å². The van der Waals surface area contributed by atoms with Gasteiger partial charge in [-0.1, -0.05) is 53.7 Å². The lowest BCUT2D eigenvalue weighted by Crippen LogP contribution is -2.48. The molecule has 0 aliphatic carbocycles. The number of hydrogen-bond acceptors (Lipinski definition) is 2. The molecular formula is C40H62N6. The lowest BCUT2D eigenvalue weighted by atomic mass is 9.82. The number of benzene rings is 2. The van der Waals surface area contributed by atoms with Gasteiger partial charge in [-0.2, -0.15) is 0 Å². The van der Waals surface area contributed by atoms with Gasteiger partial charge in [-0.3, -0.25) is 0 Å². The highest BCUT2D eigenvalue weighted by Gasteiger charge is 2.27. The maximum atomic E-state index is 5.77. The third-order valence-corrected chi connectivity index (χ3v) is 10.7. The van der Waals surface area contributed by atoms with E-state index in [9.17, 15) is 0 Å². The molecule has 6 rings (SSSR count). The Labute approximate surface area is 280 Å². The van der Waals surface area contributed by atoms with Crippen molar-refractivity contribution in [2.75, 3.05) is 52.4 Å². The first-order valence-electron chi connectivity index (χ1n) is 18.9. The van der Waals surface area contributed by atoms with E-state index in [1.165, 1.54) is 111 Å². The molecule has 4 saturated heterocycles. The molecule has 0 bridgehead atoms. The Morgan fingerprint density at radius 1 is 0.435 bits per heavy atom. The SMILES string of the molecule is CC(C)(C)c1cc(N=C(N2CCCCC2)N2CCCCC2)c2c(N=C(N3CCCCC3)N3CCCCC3)cc(C(C)(C)C)cc2c1. The van der Waals surface area contributed by atoms with E-state index >= 15 is 0 Å². The van der Waals surface area contributed by atoms with Crippen LogP contribution in [0.15, 0.2) is 34.3 Å². The molecule has 0 unspecified atom stereocenters. The highest BCUT2D eigenvalue weighted by molar-refractivity contribution is 6.05. The molecule has 0 atom stereocenters. The molecule has 6 heteroatoms. The van der Waals surface area contributed by atoms with Crippen molar-refractivity contribution in [1.82, 2.24) is 19.6 Å². The van der Waals surface area contributed by atoms with Crippen LogP contribution in [0.25, 0.3) is 10.8 Å². The predicted molar refractivity (Wildman–Crippen MR) is 197 cm³/mol. The number of fused-ring (bicyclic) bond motifs is 1. The topological polar surface area (TPSA) is 37.7 Å². The van der Waals surface area contributed by atoms with Crippen molar-refractivity contribution in [2.45, 2.75) is 129 Å². The van der Waals surface area contributed by atoms with E-state index in [1.807, 2.05) is 0 Å². The third-order valence-electron chi connectivity index (χ3n) is 10.7. The number of piperidine rings is 4. The number of hydrogen-bond donors (Lipinski definition) is 0. The molecule has 0 N–H and O–H groups in total. The molecule has 4 fully saturated rings. The van der Waals surface area contributed by atoms with Gasteiger partial charge < -0.3 is 19.6 Å². The standard InChI is InChI=1S/C40H62N6/c1-39(2,3)32-27-31-28-33(40(4,5)6)30-35(42-38(45-23-15-9-16-24-45)46-25-17-10-18-26-46)36(31)34(29-32)41-37(43-19-11-7-12-20-43)44-21-13-8-14-22-44/h27-30H,7-26H2,1-6H3. The first-order valence-corrected chi connectivity index (χ1v) is 18.9. The molecule has 0 amide bonds. The zero-order chi connectivity index (χ0) is 32.3. The van der Waals surface area contributed by atoms with Crippen molar-refractivity contribution in [1.29, 1.82) is 0 Å². The Kier molecular flexibility index (Phi) is 10.2. The quantitative estimate of drug-likeness (QED) is 0.246. The van der Waals surface area contributed by atoms with Crippen LogP contribution in [0.1, 0.15) is 130 Å². The van der Waals surface area contributed by atoms with Crippen molar-refractivity contribution in [3.63, 3.8) is 0 Å². The minimum atomic E-state index is 0.0167. The van der Waals surface area contributed by atoms with Gasteiger partial charge in [0.05, 0.1) is 11.4 Å². The van der Waals surface area contributed by atoms with Gasteiger partial charge in [-0.15, -0.1) is 0 Å². The van der Waals surface area contributed by atoms with Crippen LogP contribution in [0.5, 0.6) is 0 Å². The Balaban J connectivity index is 1.61. The number of guanidine groups is 2. The van der Waals surface area contributed by atoms with Gasteiger partial charge in [0.1, 0.15) is 0 Å². The van der Waals surface area contributed by atoms with Gasteiger partial charge in [0.25, 0.3) is 0 Å². The van der Waals surface area contributed by atoms with Crippen molar-refractivity contribution in [3.05, 3.63) is 35.4 Å². The van der Waals surface area contributed by atoms with Crippen molar-refractivity contribution >= 4 is 34.1 Å². The number of rotatable bonds is 2. The average Bonchev–Trinajstić information content (AvgIpc) is 3.06. The van der Waals surface area contributed by atoms with Crippen LogP contribution in [0, 0.1) is 0 Å². The average molecular weight is 627 g/mol. The van der Waals surface area contributed by atoms with E-state index in [4.69, 9.17) is 9.98 Å². The summed E-state index contributed by atoms with van der Waals surface area (Å²) in [5, 5.41) is 2.50. The largest absolute Gasteiger partial charge is 0.343 e. The molecule has 46 heavy (non-hydrogen) atoms. The maximum Gasteiger partial charge on any atom is 0.201 e. The van der Waals surface area contributed by atoms with Gasteiger partial charge in [-0.05, 0) is 117 Å². The van der Waals surface area contributed by atoms with Crippen LogP contribution < -0.4 is 0 Å². The second-order valence-corrected chi connectivity index (χ2v) is 16.6. The molecule has 4 heterocycles. The van der Waals surface area contributed by atoms with Crippen LogP contribution >= 0.6 is 0 Å². The summed E-state index contributed by atoms with van der Waals surface area (Å²) in [5.74, 6) is 2.41. The second-order valence-electron chi connectivity index (χ2n) is 16.6. The molecule has 2 aromatic rings. The van der Waals surface area contributed by atoms with Crippen LogP contribution in [0.3, 0.4) is 0 Å². The first kappa shape index (κ1) is 33.2. The monoisotopic (exact) mass is 627 g/mol. The molecule has 0 spiro atoms. The summed E-state index contributed by atoms with van der Waals surface area (Å²) in [4.78, 5) is 21.9. The molecule has 6 nitrogen and oxygen atoms in total. The minimum absolute atomic E-state index is 0.0167. The fraction of sp³-hybridized carbons (Fsp3) is 0.700. The fourth-order valence-corrected chi connectivity index (χ4v) is 7.79. The number of nitrogens with zero attached hydrogens (tertiary/aromatic N) is 6. The van der Waals surface area contributed by atoms with E-state index in [2.05, 4.69) is 85.4 Å². The van der Waals surface area contributed by atoms with Gasteiger partial charge in [0, 0.05) is 57.7 Å². The molecule has 252 valence electrons. The summed E-state index contributed by atoms with van der Waals surface area (Å²) >= 11 is 0. The van der Waals surface area contributed by atoms with Gasteiger partial charge in [0.2, 0.25) is 11.9 Å². The van der Waals surface area contributed by atoms with Crippen molar-refractivity contribution in [3.8, 4) is 0 Å². The van der Waals surface area contributed by atoms with Gasteiger partial charge in [-0.25, -0.2) is 9.98 Å². The number of likely N-dealkylation sites (tertiary alicyclic amines) is 4. The van der Waals surface area contributed by atoms with Gasteiger partial charge in [0.15, 0.2) is 0 Å². The molecule has 4 aliphatic heterocycles. The molecule has 0 saturated carbocycles. The Bertz CT molecular complexity index is 1240. The zero-order valence-corrected chi connectivity index (χ0v) is 30.1. The summed E-state index contributed by atoms with van der Waals surface area (Å²) in [6.45, 7) is 22.9. The smallest absolute Gasteiger partial charge is 0.201 e. The molecule has 0 radical (unpaired) electrons. The highest BCUT2D eigenvalue weighted by Crippen LogP contribution is 2.42. The molecule has 2 aromatic carbocycles. The lowest BCUT2D eigenvalue weighted by Gasteiger charge is -2.39. The third kappa shape index (κ3) is 7.68. The zero-order valence-electron chi connectivity index (χ0n) is 30.1. The van der Waals surface area contributed by atoms with E-state index in [1.54, 1.807) is 0 Å². The van der Waals surface area contributed by atoms with E-state index in [0.717, 1.165) is 63.7 Å². The van der Waals surface area contributed by atoms with Crippen molar-refractivity contribution < 1.29 is 0 Å². The Morgan fingerprint density at radius 2 is 0.717 bits per heavy atom. The molecule has 4 aliphatic rings. The summed E-state index contributed by atoms with van der Waals surface area (Å²) < 4.78 is 0. The van der Waals surface area contributed by atoms with E-state index in [0.29, 0.717) is 0 Å². The summed E-state index contributed by atoms with van der Waals surface area (Å²) in [7, 11) is 0. The first-order chi connectivity index (χ1) is 22.1. The fourth-order valence-electron chi connectivity index (χ4n) is 7.79. The normalized spacial score (nSPS) is 20.2. The Hall–Kier alpha value is -2.76. The van der Waals surface area contributed by atoms with Crippen LogP contribution in [-0.4, -0.2) is 83.9 Å². The van der Waals surface area contributed by atoms with Crippen LogP contribution in [0.4, 0.5) is 11.4 Å². The maximum absolute atomic E-state index is 5.77. The lowest BCUT2D eigenvalue weighted by molar-refractivity contribution is 0.257. The summed E-state index contributed by atoms with van der Waals surface area (Å²) in [6, 6.07) is 9.72. The van der Waals surface area contributed by atoms with Gasteiger partial charge >= 0.3 is 0 Å². The molecule has 0 aromatic heterocycles.